The Hall–Kier alpha value is -3.54. The SMILES string of the molecule is O=C(O)c1cccn1C1CCN(C(=O)OCC2c3ccccc3-c3ccccc32)CC1. The van der Waals surface area contributed by atoms with Gasteiger partial charge in [-0.15, -0.1) is 0 Å². The van der Waals surface area contributed by atoms with Gasteiger partial charge in [0.1, 0.15) is 12.3 Å². The van der Waals surface area contributed by atoms with E-state index in [-0.39, 0.29) is 18.1 Å². The van der Waals surface area contributed by atoms with Crippen molar-refractivity contribution in [2.75, 3.05) is 19.7 Å². The molecule has 1 aromatic heterocycles. The summed E-state index contributed by atoms with van der Waals surface area (Å²) in [5.41, 5.74) is 5.11. The molecule has 158 valence electrons. The molecule has 0 spiro atoms. The molecule has 0 bridgehead atoms. The van der Waals surface area contributed by atoms with Gasteiger partial charge in [0, 0.05) is 31.2 Å². The van der Waals surface area contributed by atoms with Crippen LogP contribution in [0, 0.1) is 0 Å². The topological polar surface area (TPSA) is 71.8 Å². The molecule has 2 heterocycles. The number of likely N-dealkylation sites (tertiary alicyclic amines) is 1. The number of nitrogens with zero attached hydrogens (tertiary/aromatic N) is 2. The smallest absolute Gasteiger partial charge is 0.409 e. The Labute approximate surface area is 180 Å². The van der Waals surface area contributed by atoms with Crippen LogP contribution in [0.25, 0.3) is 11.1 Å². The highest BCUT2D eigenvalue weighted by Crippen LogP contribution is 2.44. The maximum Gasteiger partial charge on any atom is 0.409 e. The first kappa shape index (κ1) is 19.4. The van der Waals surface area contributed by atoms with Gasteiger partial charge in [-0.3, -0.25) is 0 Å². The number of carboxylic acids is 1. The van der Waals surface area contributed by atoms with Crippen molar-refractivity contribution in [3.8, 4) is 11.1 Å². The predicted molar refractivity (Wildman–Crippen MR) is 116 cm³/mol. The lowest BCUT2D eigenvalue weighted by Crippen LogP contribution is -2.40. The molecule has 1 fully saturated rings. The van der Waals surface area contributed by atoms with E-state index in [9.17, 15) is 14.7 Å². The van der Waals surface area contributed by atoms with Crippen molar-refractivity contribution in [1.29, 1.82) is 0 Å². The minimum Gasteiger partial charge on any atom is -0.477 e. The summed E-state index contributed by atoms with van der Waals surface area (Å²) in [6.45, 7) is 1.42. The Morgan fingerprint density at radius 1 is 0.903 bits per heavy atom. The zero-order valence-electron chi connectivity index (χ0n) is 17.1. The minimum absolute atomic E-state index is 0.0480. The number of piperidine rings is 1. The van der Waals surface area contributed by atoms with Gasteiger partial charge in [-0.25, -0.2) is 9.59 Å². The molecular formula is C25H24N2O4. The van der Waals surface area contributed by atoms with Crippen LogP contribution >= 0.6 is 0 Å². The molecule has 0 radical (unpaired) electrons. The van der Waals surface area contributed by atoms with Gasteiger partial charge < -0.3 is 19.3 Å². The number of ether oxygens (including phenoxy) is 1. The molecule has 5 rings (SSSR count). The van der Waals surface area contributed by atoms with E-state index in [1.807, 2.05) is 24.3 Å². The van der Waals surface area contributed by atoms with Gasteiger partial charge in [-0.05, 0) is 47.2 Å². The summed E-state index contributed by atoms with van der Waals surface area (Å²) in [5.74, 6) is -0.879. The summed E-state index contributed by atoms with van der Waals surface area (Å²) in [4.78, 5) is 25.9. The fourth-order valence-electron chi connectivity index (χ4n) is 4.91. The number of benzene rings is 2. The van der Waals surface area contributed by atoms with E-state index in [1.54, 1.807) is 27.8 Å². The molecule has 2 aliphatic rings. The zero-order valence-corrected chi connectivity index (χ0v) is 17.1. The van der Waals surface area contributed by atoms with Crippen LogP contribution < -0.4 is 0 Å². The number of hydrogen-bond donors (Lipinski definition) is 1. The van der Waals surface area contributed by atoms with Gasteiger partial charge >= 0.3 is 12.1 Å². The first-order valence-electron chi connectivity index (χ1n) is 10.6. The summed E-state index contributed by atoms with van der Waals surface area (Å²) < 4.78 is 7.56. The highest BCUT2D eigenvalue weighted by molar-refractivity contribution is 5.85. The molecule has 3 aromatic rings. The van der Waals surface area contributed by atoms with Crippen molar-refractivity contribution in [2.45, 2.75) is 24.8 Å². The Kier molecular flexibility index (Phi) is 4.98. The van der Waals surface area contributed by atoms with E-state index < -0.39 is 5.97 Å². The van der Waals surface area contributed by atoms with Gasteiger partial charge in [0.25, 0.3) is 0 Å². The van der Waals surface area contributed by atoms with Gasteiger partial charge in [-0.2, -0.15) is 0 Å². The van der Waals surface area contributed by atoms with Crippen molar-refractivity contribution >= 4 is 12.1 Å². The Balaban J connectivity index is 1.22. The van der Waals surface area contributed by atoms with Crippen molar-refractivity contribution in [3.05, 3.63) is 83.7 Å². The van der Waals surface area contributed by atoms with E-state index in [4.69, 9.17) is 4.74 Å². The highest BCUT2D eigenvalue weighted by atomic mass is 16.6. The summed E-state index contributed by atoms with van der Waals surface area (Å²) in [6, 6.07) is 20.0. The number of carbonyl (C=O) groups excluding carboxylic acids is 1. The molecule has 1 aliphatic carbocycles. The van der Waals surface area contributed by atoms with Crippen molar-refractivity contribution in [1.82, 2.24) is 9.47 Å². The lowest BCUT2D eigenvalue weighted by atomic mass is 9.98. The fourth-order valence-corrected chi connectivity index (χ4v) is 4.91. The van der Waals surface area contributed by atoms with E-state index in [1.165, 1.54) is 22.3 Å². The van der Waals surface area contributed by atoms with Crippen molar-refractivity contribution in [2.24, 2.45) is 0 Å². The van der Waals surface area contributed by atoms with Crippen LogP contribution in [0.2, 0.25) is 0 Å². The zero-order chi connectivity index (χ0) is 21.4. The van der Waals surface area contributed by atoms with Gasteiger partial charge in [-0.1, -0.05) is 48.5 Å². The first-order valence-corrected chi connectivity index (χ1v) is 10.6. The van der Waals surface area contributed by atoms with Crippen LogP contribution in [-0.2, 0) is 4.74 Å². The number of aromatic nitrogens is 1. The normalized spacial score (nSPS) is 16.1. The highest BCUT2D eigenvalue weighted by Gasteiger charge is 2.31. The molecule has 1 N–H and O–H groups in total. The number of carboxylic acid groups (broad SMARTS) is 1. The van der Waals surface area contributed by atoms with Crippen LogP contribution in [0.4, 0.5) is 4.79 Å². The van der Waals surface area contributed by atoms with E-state index in [0.29, 0.717) is 38.2 Å². The van der Waals surface area contributed by atoms with Crippen molar-refractivity contribution in [3.63, 3.8) is 0 Å². The number of carbonyl (C=O) groups is 2. The molecule has 1 amide bonds. The molecule has 0 atom stereocenters. The van der Waals surface area contributed by atoms with E-state index >= 15 is 0 Å². The van der Waals surface area contributed by atoms with Gasteiger partial charge in [0.15, 0.2) is 0 Å². The van der Waals surface area contributed by atoms with Crippen LogP contribution in [-0.4, -0.2) is 46.3 Å². The summed E-state index contributed by atoms with van der Waals surface area (Å²) in [7, 11) is 0. The number of fused-ring (bicyclic) bond motifs is 3. The second-order valence-corrected chi connectivity index (χ2v) is 8.13. The number of amides is 1. The van der Waals surface area contributed by atoms with Crippen LogP contribution in [0.3, 0.4) is 0 Å². The molecular weight excluding hydrogens is 392 g/mol. The Morgan fingerprint density at radius 2 is 1.52 bits per heavy atom. The first-order chi connectivity index (χ1) is 15.1. The summed E-state index contributed by atoms with van der Waals surface area (Å²) in [5, 5.41) is 9.33. The van der Waals surface area contributed by atoms with Crippen molar-refractivity contribution < 1.29 is 19.4 Å². The average molecular weight is 416 g/mol. The largest absolute Gasteiger partial charge is 0.477 e. The lowest BCUT2D eigenvalue weighted by molar-refractivity contribution is 0.0669. The molecule has 0 unspecified atom stereocenters. The molecule has 31 heavy (non-hydrogen) atoms. The predicted octanol–water partition coefficient (Wildman–Crippen LogP) is 4.77. The number of aromatic carboxylic acids is 1. The van der Waals surface area contributed by atoms with Crippen LogP contribution in [0.1, 0.15) is 46.4 Å². The van der Waals surface area contributed by atoms with E-state index in [2.05, 4.69) is 24.3 Å². The van der Waals surface area contributed by atoms with Gasteiger partial charge in [0.2, 0.25) is 0 Å². The fraction of sp³-hybridized carbons (Fsp3) is 0.280. The van der Waals surface area contributed by atoms with E-state index in [0.717, 1.165) is 0 Å². The maximum absolute atomic E-state index is 12.7. The third-order valence-electron chi connectivity index (χ3n) is 6.45. The third-order valence-corrected chi connectivity index (χ3v) is 6.45. The lowest BCUT2D eigenvalue weighted by Gasteiger charge is -2.32. The molecule has 2 aromatic carbocycles. The standard InChI is InChI=1S/C25H24N2O4/c28-24(29)23-10-5-13-27(23)17-11-14-26(15-12-17)25(30)31-16-22-20-8-3-1-6-18(20)19-7-2-4-9-21(19)22/h1-10,13,17,22H,11-12,14-16H2,(H,28,29). The molecule has 6 nitrogen and oxygen atoms in total. The summed E-state index contributed by atoms with van der Waals surface area (Å²) in [6.07, 6.45) is 2.92. The third kappa shape index (κ3) is 3.48. The monoisotopic (exact) mass is 416 g/mol. The Morgan fingerprint density at radius 3 is 2.13 bits per heavy atom. The number of hydrogen-bond acceptors (Lipinski definition) is 3. The van der Waals surface area contributed by atoms with Crippen LogP contribution in [0.15, 0.2) is 66.9 Å². The second-order valence-electron chi connectivity index (χ2n) is 8.13. The summed E-state index contributed by atoms with van der Waals surface area (Å²) >= 11 is 0. The molecule has 6 heteroatoms. The molecule has 0 saturated carbocycles. The number of rotatable bonds is 4. The van der Waals surface area contributed by atoms with Gasteiger partial charge in [0.05, 0.1) is 0 Å². The maximum atomic E-state index is 12.7. The quantitative estimate of drug-likeness (QED) is 0.665. The molecule has 1 aliphatic heterocycles. The van der Waals surface area contributed by atoms with Crippen LogP contribution in [0.5, 0.6) is 0 Å². The minimum atomic E-state index is -0.927. The average Bonchev–Trinajstić information content (AvgIpc) is 3.41. The second kappa shape index (κ2) is 7.95. The molecule has 1 saturated heterocycles. The Bertz CT molecular complexity index is 1080.